The first-order valence-corrected chi connectivity index (χ1v) is 7.49. The van der Waals surface area contributed by atoms with Crippen molar-refractivity contribution in [2.24, 2.45) is 0 Å². The minimum absolute atomic E-state index is 0.138. The number of pyridine rings is 2. The van der Waals surface area contributed by atoms with Crippen LogP contribution in [0.4, 0.5) is 13.2 Å². The third kappa shape index (κ3) is 2.89. The SMILES string of the molecule is CC1(O)CC(c2ccnc(C(F)(F)F)c2)(C(O)c2ccccn2)C1. The number of alkyl halides is 3. The van der Waals surface area contributed by atoms with Crippen LogP contribution in [0.2, 0.25) is 0 Å². The molecule has 0 amide bonds. The molecule has 1 atom stereocenters. The fraction of sp³-hybridized carbons (Fsp3) is 0.412. The summed E-state index contributed by atoms with van der Waals surface area (Å²) in [5, 5.41) is 21.0. The molecular weight excluding hydrogens is 321 g/mol. The van der Waals surface area contributed by atoms with Crippen LogP contribution < -0.4 is 0 Å². The molecule has 1 saturated carbocycles. The van der Waals surface area contributed by atoms with Crippen molar-refractivity contribution < 1.29 is 23.4 Å². The molecule has 0 saturated heterocycles. The second-order valence-electron chi connectivity index (χ2n) is 6.59. The second-order valence-corrected chi connectivity index (χ2v) is 6.59. The zero-order valence-corrected chi connectivity index (χ0v) is 13.0. The van der Waals surface area contributed by atoms with E-state index in [-0.39, 0.29) is 12.8 Å². The summed E-state index contributed by atoms with van der Waals surface area (Å²) in [5.41, 5.74) is -2.43. The third-order valence-corrected chi connectivity index (χ3v) is 4.51. The van der Waals surface area contributed by atoms with Gasteiger partial charge in [0.2, 0.25) is 0 Å². The van der Waals surface area contributed by atoms with E-state index < -0.39 is 29.0 Å². The molecule has 4 nitrogen and oxygen atoms in total. The fourth-order valence-electron chi connectivity index (χ4n) is 3.58. The highest BCUT2D eigenvalue weighted by Gasteiger charge is 2.57. The quantitative estimate of drug-likeness (QED) is 0.903. The zero-order chi connectivity index (χ0) is 17.6. The molecule has 0 bridgehead atoms. The number of halogens is 3. The van der Waals surface area contributed by atoms with E-state index in [1.165, 1.54) is 12.3 Å². The number of nitrogens with zero attached hydrogens (tertiary/aromatic N) is 2. The highest BCUT2D eigenvalue weighted by molar-refractivity contribution is 5.36. The predicted molar refractivity (Wildman–Crippen MR) is 80.0 cm³/mol. The largest absolute Gasteiger partial charge is 0.433 e. The first-order chi connectivity index (χ1) is 11.1. The molecule has 24 heavy (non-hydrogen) atoms. The molecule has 2 heterocycles. The Morgan fingerprint density at radius 1 is 1.12 bits per heavy atom. The zero-order valence-electron chi connectivity index (χ0n) is 13.0. The van der Waals surface area contributed by atoms with E-state index in [2.05, 4.69) is 9.97 Å². The Morgan fingerprint density at radius 2 is 1.83 bits per heavy atom. The van der Waals surface area contributed by atoms with Crippen LogP contribution in [0.3, 0.4) is 0 Å². The Balaban J connectivity index is 2.05. The first-order valence-electron chi connectivity index (χ1n) is 7.49. The molecule has 2 N–H and O–H groups in total. The van der Waals surface area contributed by atoms with Crippen LogP contribution in [0.5, 0.6) is 0 Å². The van der Waals surface area contributed by atoms with Crippen molar-refractivity contribution in [3.8, 4) is 0 Å². The molecule has 2 aromatic heterocycles. The van der Waals surface area contributed by atoms with Crippen molar-refractivity contribution in [2.75, 3.05) is 0 Å². The normalized spacial score (nSPS) is 28.2. The van der Waals surface area contributed by atoms with E-state index in [4.69, 9.17) is 0 Å². The van der Waals surface area contributed by atoms with Crippen LogP contribution in [0, 0.1) is 0 Å². The van der Waals surface area contributed by atoms with Crippen molar-refractivity contribution >= 4 is 0 Å². The van der Waals surface area contributed by atoms with Crippen LogP contribution in [0.15, 0.2) is 42.7 Å². The topological polar surface area (TPSA) is 66.2 Å². The summed E-state index contributed by atoms with van der Waals surface area (Å²) >= 11 is 0. The Hall–Kier alpha value is -1.99. The number of aliphatic hydroxyl groups excluding tert-OH is 1. The van der Waals surface area contributed by atoms with Gasteiger partial charge in [-0.1, -0.05) is 6.07 Å². The summed E-state index contributed by atoms with van der Waals surface area (Å²) in [7, 11) is 0. The molecule has 0 spiro atoms. The molecule has 0 radical (unpaired) electrons. The van der Waals surface area contributed by atoms with Crippen LogP contribution in [-0.4, -0.2) is 25.8 Å². The number of rotatable bonds is 3. The molecular formula is C17H17F3N2O2. The van der Waals surface area contributed by atoms with E-state index >= 15 is 0 Å². The maximum absolute atomic E-state index is 13.0. The molecule has 128 valence electrons. The van der Waals surface area contributed by atoms with Gasteiger partial charge >= 0.3 is 6.18 Å². The number of hydrogen-bond donors (Lipinski definition) is 2. The van der Waals surface area contributed by atoms with Crippen LogP contribution in [0.1, 0.15) is 42.8 Å². The van der Waals surface area contributed by atoms with Gasteiger partial charge in [0.15, 0.2) is 0 Å². The lowest BCUT2D eigenvalue weighted by Crippen LogP contribution is -2.56. The monoisotopic (exact) mass is 338 g/mol. The summed E-state index contributed by atoms with van der Waals surface area (Å²) in [6.45, 7) is 1.60. The standard InChI is InChI=1S/C17H17F3N2O2/c1-15(24)9-16(10-15,14(23)12-4-2-3-6-21-12)11-5-7-22-13(8-11)17(18,19)20/h2-8,14,23-24H,9-10H2,1H3. The van der Waals surface area contributed by atoms with E-state index in [1.807, 2.05) is 0 Å². The van der Waals surface area contributed by atoms with Gasteiger partial charge < -0.3 is 10.2 Å². The maximum Gasteiger partial charge on any atom is 0.433 e. The van der Waals surface area contributed by atoms with Crippen LogP contribution >= 0.6 is 0 Å². The predicted octanol–water partition coefficient (Wildman–Crippen LogP) is 3.01. The Morgan fingerprint density at radius 3 is 2.38 bits per heavy atom. The van der Waals surface area contributed by atoms with Gasteiger partial charge in [-0.05, 0) is 49.6 Å². The minimum atomic E-state index is -4.57. The van der Waals surface area contributed by atoms with Gasteiger partial charge in [-0.15, -0.1) is 0 Å². The average Bonchev–Trinajstić information content (AvgIpc) is 2.51. The first kappa shape index (κ1) is 16.9. The summed E-state index contributed by atoms with van der Waals surface area (Å²) in [6.07, 6.45) is -2.82. The smallest absolute Gasteiger partial charge is 0.390 e. The summed E-state index contributed by atoms with van der Waals surface area (Å²) in [6, 6.07) is 7.40. The molecule has 3 rings (SSSR count). The molecule has 1 unspecified atom stereocenters. The van der Waals surface area contributed by atoms with Gasteiger partial charge in [0, 0.05) is 17.8 Å². The van der Waals surface area contributed by atoms with Crippen molar-refractivity contribution in [2.45, 2.75) is 43.1 Å². The van der Waals surface area contributed by atoms with Crippen molar-refractivity contribution in [1.29, 1.82) is 0 Å². The average molecular weight is 338 g/mol. The van der Waals surface area contributed by atoms with Gasteiger partial charge in [0.05, 0.1) is 11.3 Å². The lowest BCUT2D eigenvalue weighted by atomic mass is 9.53. The second kappa shape index (κ2) is 5.53. The van der Waals surface area contributed by atoms with Gasteiger partial charge in [0.1, 0.15) is 11.8 Å². The fourth-order valence-corrected chi connectivity index (χ4v) is 3.58. The number of aliphatic hydroxyl groups is 2. The van der Waals surface area contributed by atoms with Crippen LogP contribution in [0.25, 0.3) is 0 Å². The molecule has 7 heteroatoms. The highest BCUT2D eigenvalue weighted by Crippen LogP contribution is 2.56. The molecule has 1 aliphatic rings. The third-order valence-electron chi connectivity index (χ3n) is 4.51. The van der Waals surface area contributed by atoms with Gasteiger partial charge in [-0.25, -0.2) is 0 Å². The molecule has 0 aromatic carbocycles. The summed E-state index contributed by atoms with van der Waals surface area (Å²) < 4.78 is 38.9. The Labute approximate surface area is 137 Å². The summed E-state index contributed by atoms with van der Waals surface area (Å²) in [4.78, 5) is 7.47. The molecule has 1 aliphatic carbocycles. The lowest BCUT2D eigenvalue weighted by Gasteiger charge is -2.54. The lowest BCUT2D eigenvalue weighted by molar-refractivity contribution is -0.142. The van der Waals surface area contributed by atoms with Crippen molar-refractivity contribution in [3.05, 3.63) is 59.7 Å². The summed E-state index contributed by atoms with van der Waals surface area (Å²) in [5.74, 6) is 0. The molecule has 0 aliphatic heterocycles. The number of hydrogen-bond acceptors (Lipinski definition) is 4. The van der Waals surface area contributed by atoms with E-state index in [9.17, 15) is 23.4 Å². The number of aromatic nitrogens is 2. The van der Waals surface area contributed by atoms with Gasteiger partial charge in [0.25, 0.3) is 0 Å². The van der Waals surface area contributed by atoms with Gasteiger partial charge in [-0.3, -0.25) is 9.97 Å². The maximum atomic E-state index is 13.0. The van der Waals surface area contributed by atoms with E-state index in [1.54, 1.807) is 25.1 Å². The Kier molecular flexibility index (Phi) is 3.88. The minimum Gasteiger partial charge on any atom is -0.390 e. The van der Waals surface area contributed by atoms with Gasteiger partial charge in [-0.2, -0.15) is 13.2 Å². The van der Waals surface area contributed by atoms with Crippen molar-refractivity contribution in [3.63, 3.8) is 0 Å². The van der Waals surface area contributed by atoms with E-state index in [0.717, 1.165) is 12.3 Å². The highest BCUT2D eigenvalue weighted by atomic mass is 19.4. The molecule has 1 fully saturated rings. The van der Waals surface area contributed by atoms with Crippen LogP contribution in [-0.2, 0) is 11.6 Å². The van der Waals surface area contributed by atoms with Crippen molar-refractivity contribution in [1.82, 2.24) is 9.97 Å². The van der Waals surface area contributed by atoms with E-state index in [0.29, 0.717) is 11.3 Å². The molecule has 2 aromatic rings. The Bertz CT molecular complexity index is 724.